The third-order valence-corrected chi connectivity index (χ3v) is 1.47. The first-order valence-electron chi connectivity index (χ1n) is 6.60. The topological polar surface area (TPSA) is 107 Å². The number of aliphatic hydroxyl groups is 2. The second-order valence-corrected chi connectivity index (χ2v) is 3.78. The van der Waals surface area contributed by atoms with Gasteiger partial charge in [0.05, 0.1) is 12.7 Å². The Balaban J connectivity index is -0.0000000924. The summed E-state index contributed by atoms with van der Waals surface area (Å²) in [5, 5.41) is 29.9. The highest BCUT2D eigenvalue weighted by molar-refractivity contribution is 5.53. The van der Waals surface area contributed by atoms with Gasteiger partial charge in [-0.1, -0.05) is 32.3 Å². The van der Waals surface area contributed by atoms with Gasteiger partial charge in [-0.2, -0.15) is 0 Å². The van der Waals surface area contributed by atoms with Crippen LogP contribution in [0, 0.1) is 0 Å². The summed E-state index contributed by atoms with van der Waals surface area (Å²) in [5.41, 5.74) is 0. The minimum absolute atomic E-state index is 0.139. The Morgan fingerprint density at radius 3 is 1.85 bits per heavy atom. The summed E-state index contributed by atoms with van der Waals surface area (Å²) < 4.78 is 4.89. The molecule has 4 N–H and O–H groups in total. The normalized spacial score (nSPS) is 9.50. The number of carboxylic acid groups (broad SMARTS) is 2. The number of unbranched alkanes of at least 4 members (excludes halogenated alkanes) is 3. The van der Waals surface area contributed by atoms with Crippen LogP contribution in [-0.2, 0) is 4.74 Å². The quantitative estimate of drug-likeness (QED) is 0.443. The number of aliphatic hydroxyl groups excluding tert-OH is 2. The molecule has 0 aromatic carbocycles. The molecular weight excluding hydrogens is 264 g/mol. The van der Waals surface area contributed by atoms with Crippen LogP contribution in [0.2, 0.25) is 0 Å². The molecule has 0 saturated carbocycles. The van der Waals surface area contributed by atoms with Crippen LogP contribution in [0.15, 0.2) is 12.7 Å². The van der Waals surface area contributed by atoms with Gasteiger partial charge in [0.1, 0.15) is 0 Å². The molecule has 0 aliphatic carbocycles. The number of allylic oxidation sites excluding steroid dienone is 1. The van der Waals surface area contributed by atoms with E-state index in [9.17, 15) is 0 Å². The maximum atomic E-state index is 8.56. The first-order chi connectivity index (χ1) is 9.33. The molecule has 6 heteroatoms. The number of carbonyl (C=O) groups is 1. The van der Waals surface area contributed by atoms with Crippen LogP contribution in [-0.4, -0.2) is 53.0 Å². The van der Waals surface area contributed by atoms with Gasteiger partial charge in [-0.25, -0.2) is 4.79 Å². The molecule has 0 amide bonds. The average Bonchev–Trinajstić information content (AvgIpc) is 2.36. The van der Waals surface area contributed by atoms with E-state index >= 15 is 0 Å². The molecule has 1 unspecified atom stereocenters. The standard InChI is InChI=1S/C7H16O.C3H8O2.C3H6.CH2O3/c1-3-4-5-6-7-8-2;1-3(5)2-4;1-3-2;2-1(3)4/h3-7H2,1-2H3;3-5H,2H2,1H3;3H,1H2,2H3;(H2,2,3,4). The molecule has 124 valence electrons. The number of hydrogen-bond donors (Lipinski definition) is 4. The summed E-state index contributed by atoms with van der Waals surface area (Å²) in [6, 6.07) is 0. The van der Waals surface area contributed by atoms with Gasteiger partial charge in [-0.3, -0.25) is 0 Å². The van der Waals surface area contributed by atoms with Gasteiger partial charge < -0.3 is 25.2 Å². The first kappa shape index (κ1) is 27.3. The molecule has 0 rings (SSSR count). The lowest BCUT2D eigenvalue weighted by molar-refractivity contribution is 0.110. The smallest absolute Gasteiger partial charge is 0.450 e. The first-order valence-corrected chi connectivity index (χ1v) is 6.60. The molecule has 20 heavy (non-hydrogen) atoms. The molecular formula is C14H32O6. The van der Waals surface area contributed by atoms with Crippen molar-refractivity contribution in [3.63, 3.8) is 0 Å². The predicted molar refractivity (Wildman–Crippen MR) is 81.3 cm³/mol. The van der Waals surface area contributed by atoms with E-state index in [0.717, 1.165) is 6.61 Å². The lowest BCUT2D eigenvalue weighted by Gasteiger charge is -1.95. The molecule has 0 radical (unpaired) electrons. The second-order valence-electron chi connectivity index (χ2n) is 3.78. The highest BCUT2D eigenvalue weighted by Crippen LogP contribution is 1.97. The Morgan fingerprint density at radius 2 is 1.65 bits per heavy atom. The van der Waals surface area contributed by atoms with Gasteiger partial charge in [0.15, 0.2) is 0 Å². The third-order valence-electron chi connectivity index (χ3n) is 1.47. The van der Waals surface area contributed by atoms with Crippen molar-refractivity contribution in [1.29, 1.82) is 0 Å². The van der Waals surface area contributed by atoms with Gasteiger partial charge in [-0.05, 0) is 20.3 Å². The molecule has 0 bridgehead atoms. The Morgan fingerprint density at radius 1 is 1.30 bits per heavy atom. The van der Waals surface area contributed by atoms with Crippen molar-refractivity contribution < 1.29 is 30.0 Å². The van der Waals surface area contributed by atoms with E-state index in [1.807, 2.05) is 6.92 Å². The Bertz CT molecular complexity index is 161. The van der Waals surface area contributed by atoms with Gasteiger partial charge in [0.25, 0.3) is 0 Å². The number of rotatable bonds is 6. The van der Waals surface area contributed by atoms with Crippen molar-refractivity contribution >= 4 is 6.16 Å². The van der Waals surface area contributed by atoms with Crippen molar-refractivity contribution in [2.45, 2.75) is 52.6 Å². The lowest BCUT2D eigenvalue weighted by atomic mass is 10.2. The Hall–Kier alpha value is -1.11. The van der Waals surface area contributed by atoms with Crippen molar-refractivity contribution in [2.75, 3.05) is 20.3 Å². The molecule has 6 nitrogen and oxygen atoms in total. The van der Waals surface area contributed by atoms with E-state index < -0.39 is 12.3 Å². The average molecular weight is 296 g/mol. The summed E-state index contributed by atoms with van der Waals surface area (Å²) >= 11 is 0. The van der Waals surface area contributed by atoms with Crippen LogP contribution in [0.25, 0.3) is 0 Å². The minimum atomic E-state index is -1.83. The fourth-order valence-corrected chi connectivity index (χ4v) is 0.673. The summed E-state index contributed by atoms with van der Waals surface area (Å²) in [5.74, 6) is 0. The van der Waals surface area contributed by atoms with E-state index in [1.54, 1.807) is 13.2 Å². The monoisotopic (exact) mass is 296 g/mol. The van der Waals surface area contributed by atoms with E-state index in [-0.39, 0.29) is 6.61 Å². The van der Waals surface area contributed by atoms with E-state index in [2.05, 4.69) is 13.5 Å². The zero-order valence-corrected chi connectivity index (χ0v) is 13.2. The maximum Gasteiger partial charge on any atom is 0.503 e. The highest BCUT2D eigenvalue weighted by atomic mass is 16.6. The molecule has 0 aliphatic heterocycles. The zero-order chi connectivity index (χ0) is 16.8. The lowest BCUT2D eigenvalue weighted by Crippen LogP contribution is -2.03. The number of ether oxygens (including phenoxy) is 1. The van der Waals surface area contributed by atoms with Crippen LogP contribution in [0.3, 0.4) is 0 Å². The van der Waals surface area contributed by atoms with Crippen LogP contribution in [0.1, 0.15) is 46.5 Å². The van der Waals surface area contributed by atoms with Crippen LogP contribution in [0.4, 0.5) is 4.79 Å². The molecule has 0 aromatic heterocycles. The Labute approximate surface area is 122 Å². The SMILES string of the molecule is C=CC.CC(O)CO.CCCCCCOC.O=C(O)O. The maximum absolute atomic E-state index is 8.56. The van der Waals surface area contributed by atoms with Crippen molar-refractivity contribution in [1.82, 2.24) is 0 Å². The number of hydrogen-bond acceptors (Lipinski definition) is 4. The van der Waals surface area contributed by atoms with Crippen molar-refractivity contribution in [2.24, 2.45) is 0 Å². The fraction of sp³-hybridized carbons (Fsp3) is 0.786. The van der Waals surface area contributed by atoms with Crippen LogP contribution in [0.5, 0.6) is 0 Å². The molecule has 1 atom stereocenters. The van der Waals surface area contributed by atoms with E-state index in [0.29, 0.717) is 0 Å². The number of methoxy groups -OCH3 is 1. The van der Waals surface area contributed by atoms with Gasteiger partial charge >= 0.3 is 6.16 Å². The van der Waals surface area contributed by atoms with Crippen LogP contribution >= 0.6 is 0 Å². The molecule has 0 saturated heterocycles. The summed E-state index contributed by atoms with van der Waals surface area (Å²) in [4.78, 5) is 8.56. The minimum Gasteiger partial charge on any atom is -0.450 e. The summed E-state index contributed by atoms with van der Waals surface area (Å²) in [6.07, 6.45) is 4.57. The van der Waals surface area contributed by atoms with Crippen molar-refractivity contribution in [3.05, 3.63) is 12.7 Å². The molecule has 0 spiro atoms. The summed E-state index contributed by atoms with van der Waals surface area (Å²) in [7, 11) is 1.76. The largest absolute Gasteiger partial charge is 0.503 e. The van der Waals surface area contributed by atoms with Gasteiger partial charge in [-0.15, -0.1) is 6.58 Å². The second kappa shape index (κ2) is 30.7. The van der Waals surface area contributed by atoms with Crippen LogP contribution < -0.4 is 0 Å². The molecule has 0 aromatic rings. The van der Waals surface area contributed by atoms with E-state index in [4.69, 9.17) is 30.0 Å². The van der Waals surface area contributed by atoms with Crippen molar-refractivity contribution in [3.8, 4) is 0 Å². The molecule has 0 aliphatic rings. The molecule has 0 fully saturated rings. The predicted octanol–water partition coefficient (Wildman–Crippen LogP) is 2.99. The fourth-order valence-electron chi connectivity index (χ4n) is 0.673. The highest BCUT2D eigenvalue weighted by Gasteiger charge is 1.83. The zero-order valence-electron chi connectivity index (χ0n) is 13.2. The van der Waals surface area contributed by atoms with E-state index in [1.165, 1.54) is 32.6 Å². The van der Waals surface area contributed by atoms with Gasteiger partial charge in [0, 0.05) is 13.7 Å². The van der Waals surface area contributed by atoms with Gasteiger partial charge in [0.2, 0.25) is 0 Å². The third kappa shape index (κ3) is 123. The summed E-state index contributed by atoms with van der Waals surface area (Å²) in [6.45, 7) is 9.78. The Kier molecular flexibility index (Phi) is 41.9. The molecule has 0 heterocycles.